The van der Waals surface area contributed by atoms with Crippen LogP contribution in [0.15, 0.2) is 30.3 Å². The van der Waals surface area contributed by atoms with Crippen molar-refractivity contribution in [3.05, 3.63) is 47.3 Å². The van der Waals surface area contributed by atoms with Crippen LogP contribution in [0.3, 0.4) is 0 Å². The number of carbonyl (C=O) groups is 1. The molecule has 0 N–H and O–H groups in total. The van der Waals surface area contributed by atoms with Crippen LogP contribution in [0.1, 0.15) is 48.4 Å². The molecule has 0 radical (unpaired) electrons. The SMILES string of the molecule is COc1cccc(CN2CCN(C(=O)c3cc(C(C)C)nn3C)[C@H](C)C2)c1. The van der Waals surface area contributed by atoms with Crippen LogP contribution in [-0.4, -0.2) is 58.3 Å². The highest BCUT2D eigenvalue weighted by molar-refractivity contribution is 5.93. The molecule has 1 aromatic carbocycles. The molecule has 1 aromatic heterocycles. The predicted octanol–water partition coefficient (Wildman–Crippen LogP) is 2.90. The van der Waals surface area contributed by atoms with E-state index < -0.39 is 0 Å². The fourth-order valence-corrected chi connectivity index (χ4v) is 3.63. The maximum absolute atomic E-state index is 13.0. The molecule has 0 spiro atoms. The highest BCUT2D eigenvalue weighted by Gasteiger charge is 2.30. The highest BCUT2D eigenvalue weighted by Crippen LogP contribution is 2.20. The Morgan fingerprint density at radius 2 is 2.07 bits per heavy atom. The third-order valence-corrected chi connectivity index (χ3v) is 5.22. The molecule has 1 aliphatic rings. The maximum Gasteiger partial charge on any atom is 0.272 e. The summed E-state index contributed by atoms with van der Waals surface area (Å²) in [5.74, 6) is 1.27. The summed E-state index contributed by atoms with van der Waals surface area (Å²) >= 11 is 0. The lowest BCUT2D eigenvalue weighted by Gasteiger charge is -2.39. The first-order valence-corrected chi connectivity index (χ1v) is 9.59. The van der Waals surface area contributed by atoms with Crippen LogP contribution < -0.4 is 4.74 Å². The minimum atomic E-state index is 0.0745. The fraction of sp³-hybridized carbons (Fsp3) is 0.524. The number of aromatic nitrogens is 2. The van der Waals surface area contributed by atoms with E-state index in [0.717, 1.165) is 37.6 Å². The number of carbonyl (C=O) groups excluding carboxylic acids is 1. The fourth-order valence-electron chi connectivity index (χ4n) is 3.63. The van der Waals surface area contributed by atoms with E-state index in [9.17, 15) is 4.79 Å². The van der Waals surface area contributed by atoms with E-state index in [1.54, 1.807) is 11.8 Å². The first-order valence-electron chi connectivity index (χ1n) is 9.59. The second kappa shape index (κ2) is 8.13. The van der Waals surface area contributed by atoms with Gasteiger partial charge in [0, 0.05) is 39.3 Å². The van der Waals surface area contributed by atoms with Gasteiger partial charge in [-0.05, 0) is 36.6 Å². The van der Waals surface area contributed by atoms with Gasteiger partial charge in [0.1, 0.15) is 11.4 Å². The first kappa shape index (κ1) is 19.4. The van der Waals surface area contributed by atoms with Gasteiger partial charge in [-0.3, -0.25) is 14.4 Å². The van der Waals surface area contributed by atoms with E-state index in [4.69, 9.17) is 4.74 Å². The second-order valence-corrected chi connectivity index (χ2v) is 7.67. The van der Waals surface area contributed by atoms with Gasteiger partial charge in [-0.2, -0.15) is 5.10 Å². The predicted molar refractivity (Wildman–Crippen MR) is 106 cm³/mol. The number of hydrogen-bond acceptors (Lipinski definition) is 4. The molecule has 2 heterocycles. The molecule has 1 aliphatic heterocycles. The van der Waals surface area contributed by atoms with Gasteiger partial charge < -0.3 is 9.64 Å². The molecule has 1 amide bonds. The van der Waals surface area contributed by atoms with Crippen molar-refractivity contribution in [2.45, 2.75) is 39.3 Å². The number of ether oxygens (including phenoxy) is 1. The van der Waals surface area contributed by atoms with Crippen LogP contribution in [0.5, 0.6) is 5.75 Å². The van der Waals surface area contributed by atoms with E-state index in [2.05, 4.69) is 42.9 Å². The van der Waals surface area contributed by atoms with Crippen molar-refractivity contribution in [1.82, 2.24) is 19.6 Å². The van der Waals surface area contributed by atoms with Crippen molar-refractivity contribution in [1.29, 1.82) is 0 Å². The minimum Gasteiger partial charge on any atom is -0.497 e. The van der Waals surface area contributed by atoms with Gasteiger partial charge in [0.25, 0.3) is 5.91 Å². The summed E-state index contributed by atoms with van der Waals surface area (Å²) < 4.78 is 7.03. The molecule has 3 rings (SSSR count). The highest BCUT2D eigenvalue weighted by atomic mass is 16.5. The molecule has 2 aromatic rings. The lowest BCUT2D eigenvalue weighted by molar-refractivity contribution is 0.0465. The Morgan fingerprint density at radius 3 is 2.70 bits per heavy atom. The summed E-state index contributed by atoms with van der Waals surface area (Å²) in [7, 11) is 3.54. The molecule has 1 atom stereocenters. The van der Waals surface area contributed by atoms with Crippen LogP contribution in [0, 0.1) is 0 Å². The van der Waals surface area contributed by atoms with Crippen LogP contribution in [0.2, 0.25) is 0 Å². The van der Waals surface area contributed by atoms with Gasteiger partial charge in [-0.25, -0.2) is 0 Å². The zero-order valence-electron chi connectivity index (χ0n) is 17.0. The number of nitrogens with zero attached hydrogens (tertiary/aromatic N) is 4. The number of amides is 1. The van der Waals surface area contributed by atoms with E-state index in [1.807, 2.05) is 30.1 Å². The lowest BCUT2D eigenvalue weighted by atomic mass is 10.1. The zero-order chi connectivity index (χ0) is 19.6. The van der Waals surface area contributed by atoms with Crippen LogP contribution in [-0.2, 0) is 13.6 Å². The van der Waals surface area contributed by atoms with Crippen LogP contribution in [0.4, 0.5) is 0 Å². The molecule has 0 saturated carbocycles. The Morgan fingerprint density at radius 1 is 1.30 bits per heavy atom. The molecule has 0 bridgehead atoms. The number of benzene rings is 1. The second-order valence-electron chi connectivity index (χ2n) is 7.67. The molecule has 0 unspecified atom stereocenters. The van der Waals surface area contributed by atoms with E-state index >= 15 is 0 Å². The third-order valence-electron chi connectivity index (χ3n) is 5.22. The quantitative estimate of drug-likeness (QED) is 0.812. The number of hydrogen-bond donors (Lipinski definition) is 0. The number of methoxy groups -OCH3 is 1. The summed E-state index contributed by atoms with van der Waals surface area (Å²) in [6.07, 6.45) is 0. The van der Waals surface area contributed by atoms with Crippen molar-refractivity contribution in [3.63, 3.8) is 0 Å². The third kappa shape index (κ3) is 4.33. The van der Waals surface area contributed by atoms with Crippen LogP contribution >= 0.6 is 0 Å². The van der Waals surface area contributed by atoms with Gasteiger partial charge in [0.05, 0.1) is 12.8 Å². The molecule has 146 valence electrons. The van der Waals surface area contributed by atoms with Crippen LogP contribution in [0.25, 0.3) is 0 Å². The summed E-state index contributed by atoms with van der Waals surface area (Å²) in [4.78, 5) is 17.4. The summed E-state index contributed by atoms with van der Waals surface area (Å²) in [5.41, 5.74) is 2.87. The largest absolute Gasteiger partial charge is 0.497 e. The Hall–Kier alpha value is -2.34. The van der Waals surface area contributed by atoms with Gasteiger partial charge in [0.2, 0.25) is 0 Å². The van der Waals surface area contributed by atoms with Gasteiger partial charge in [0.15, 0.2) is 0 Å². The Balaban J connectivity index is 1.65. The molecular weight excluding hydrogens is 340 g/mol. The molecule has 6 heteroatoms. The number of rotatable bonds is 5. The Labute approximate surface area is 161 Å². The average Bonchev–Trinajstić information content (AvgIpc) is 3.03. The van der Waals surface area contributed by atoms with E-state index in [0.29, 0.717) is 11.6 Å². The van der Waals surface area contributed by atoms with Crippen molar-refractivity contribution in [3.8, 4) is 5.75 Å². The zero-order valence-corrected chi connectivity index (χ0v) is 17.0. The van der Waals surface area contributed by atoms with E-state index in [1.165, 1.54) is 5.56 Å². The number of piperazine rings is 1. The molecular formula is C21H30N4O2. The first-order chi connectivity index (χ1) is 12.9. The van der Waals surface area contributed by atoms with Gasteiger partial charge >= 0.3 is 0 Å². The normalized spacial score (nSPS) is 18.1. The topological polar surface area (TPSA) is 50.6 Å². The van der Waals surface area contributed by atoms with Crippen molar-refractivity contribution < 1.29 is 9.53 Å². The molecule has 1 saturated heterocycles. The summed E-state index contributed by atoms with van der Waals surface area (Å²) in [5, 5.41) is 4.49. The smallest absolute Gasteiger partial charge is 0.272 e. The molecule has 1 fully saturated rings. The lowest BCUT2D eigenvalue weighted by Crippen LogP contribution is -2.53. The molecule has 6 nitrogen and oxygen atoms in total. The maximum atomic E-state index is 13.0. The summed E-state index contributed by atoms with van der Waals surface area (Å²) in [6.45, 7) is 9.63. The molecule has 0 aliphatic carbocycles. The van der Waals surface area contributed by atoms with Crippen molar-refractivity contribution in [2.75, 3.05) is 26.7 Å². The monoisotopic (exact) mass is 370 g/mol. The Bertz CT molecular complexity index is 799. The standard InChI is InChI=1S/C21H30N4O2/c1-15(2)19-12-20(23(4)22-19)21(26)25-10-9-24(13-16(25)3)14-17-7-6-8-18(11-17)27-5/h6-8,11-12,15-16H,9-10,13-14H2,1-5H3/t16-/m1/s1. The van der Waals surface area contributed by atoms with Gasteiger partial charge in [-0.1, -0.05) is 26.0 Å². The summed E-state index contributed by atoms with van der Waals surface area (Å²) in [6, 6.07) is 10.3. The molecule has 27 heavy (non-hydrogen) atoms. The van der Waals surface area contributed by atoms with Crippen molar-refractivity contribution >= 4 is 5.91 Å². The minimum absolute atomic E-state index is 0.0745. The van der Waals surface area contributed by atoms with Crippen molar-refractivity contribution in [2.24, 2.45) is 7.05 Å². The number of aryl methyl sites for hydroxylation is 1. The average molecular weight is 370 g/mol. The van der Waals surface area contributed by atoms with Gasteiger partial charge in [-0.15, -0.1) is 0 Å². The Kier molecular flexibility index (Phi) is 5.85. The van der Waals surface area contributed by atoms with E-state index in [-0.39, 0.29) is 11.9 Å².